The summed E-state index contributed by atoms with van der Waals surface area (Å²) in [7, 11) is 0. The summed E-state index contributed by atoms with van der Waals surface area (Å²) in [4.78, 5) is 14.5. The number of nitrogens with zero attached hydrogens (tertiary/aromatic N) is 2. The van der Waals surface area contributed by atoms with Crippen LogP contribution in [0.2, 0.25) is 0 Å². The Hall–Kier alpha value is -2.66. The molecule has 0 atom stereocenters. The fourth-order valence-corrected chi connectivity index (χ4v) is 3.20. The van der Waals surface area contributed by atoms with E-state index in [-0.39, 0.29) is 5.91 Å². The van der Waals surface area contributed by atoms with E-state index in [1.807, 2.05) is 38.1 Å². The molecule has 2 aromatic carbocycles. The Kier molecular flexibility index (Phi) is 6.24. The van der Waals surface area contributed by atoms with E-state index in [9.17, 15) is 4.79 Å². The fourth-order valence-electron chi connectivity index (χ4n) is 3.20. The number of morpholine rings is 1. The Morgan fingerprint density at radius 3 is 2.48 bits per heavy atom. The largest absolute Gasteiger partial charge is 0.378 e. The number of benzene rings is 2. The molecule has 2 aromatic rings. The molecule has 0 aliphatic carbocycles. The number of nitrogens with one attached hydrogen (secondary N) is 1. The van der Waals surface area contributed by atoms with Crippen molar-refractivity contribution < 1.29 is 9.53 Å². The standard InChI is InChI=1S/C22H27N3O2/c1-16-4-5-20(17(2)14-16)15-22(26)24-23-18(3)19-6-8-21(9-7-19)25-10-12-27-13-11-25/h4-9,14H,10-13,15H2,1-3H3,(H,24,26)/b23-18+. The average Bonchev–Trinajstić information content (AvgIpc) is 2.69. The molecule has 1 aliphatic heterocycles. The van der Waals surface area contributed by atoms with Crippen LogP contribution in [-0.2, 0) is 16.0 Å². The first-order chi connectivity index (χ1) is 13.0. The number of amides is 1. The maximum Gasteiger partial charge on any atom is 0.244 e. The third-order valence-corrected chi connectivity index (χ3v) is 4.86. The van der Waals surface area contributed by atoms with Crippen molar-refractivity contribution in [2.24, 2.45) is 5.10 Å². The summed E-state index contributed by atoms with van der Waals surface area (Å²) < 4.78 is 5.39. The van der Waals surface area contributed by atoms with Crippen LogP contribution in [0.1, 0.15) is 29.2 Å². The van der Waals surface area contributed by atoms with Crippen LogP contribution in [-0.4, -0.2) is 37.9 Å². The molecule has 1 fully saturated rings. The molecule has 1 heterocycles. The van der Waals surface area contributed by atoms with Crippen LogP contribution in [0.5, 0.6) is 0 Å². The van der Waals surface area contributed by atoms with E-state index < -0.39 is 0 Å². The highest BCUT2D eigenvalue weighted by molar-refractivity contribution is 5.99. The molecular weight excluding hydrogens is 338 g/mol. The first kappa shape index (κ1) is 19.1. The number of anilines is 1. The molecule has 142 valence electrons. The van der Waals surface area contributed by atoms with Crippen molar-refractivity contribution in [3.05, 3.63) is 64.7 Å². The molecule has 1 aliphatic rings. The lowest BCUT2D eigenvalue weighted by molar-refractivity contribution is -0.120. The molecule has 5 heteroatoms. The second-order valence-electron chi connectivity index (χ2n) is 6.99. The summed E-state index contributed by atoms with van der Waals surface area (Å²) in [6.07, 6.45) is 0.332. The number of carbonyl (C=O) groups is 1. The topological polar surface area (TPSA) is 53.9 Å². The van der Waals surface area contributed by atoms with Crippen LogP contribution in [0.4, 0.5) is 5.69 Å². The van der Waals surface area contributed by atoms with Crippen molar-refractivity contribution in [3.8, 4) is 0 Å². The second-order valence-corrected chi connectivity index (χ2v) is 6.99. The van der Waals surface area contributed by atoms with Crippen LogP contribution in [0.3, 0.4) is 0 Å². The van der Waals surface area contributed by atoms with Crippen molar-refractivity contribution in [3.63, 3.8) is 0 Å². The minimum atomic E-state index is -0.105. The first-order valence-electron chi connectivity index (χ1n) is 9.35. The highest BCUT2D eigenvalue weighted by atomic mass is 16.5. The molecule has 3 rings (SSSR count). The summed E-state index contributed by atoms with van der Waals surface area (Å²) >= 11 is 0. The van der Waals surface area contributed by atoms with Gasteiger partial charge in [-0.3, -0.25) is 4.79 Å². The second kappa shape index (κ2) is 8.82. The van der Waals surface area contributed by atoms with Crippen LogP contribution in [0.25, 0.3) is 0 Å². The van der Waals surface area contributed by atoms with E-state index in [0.717, 1.165) is 48.7 Å². The molecule has 0 unspecified atom stereocenters. The van der Waals surface area contributed by atoms with Crippen molar-refractivity contribution in [2.45, 2.75) is 27.2 Å². The maximum absolute atomic E-state index is 12.2. The van der Waals surface area contributed by atoms with Crippen LogP contribution >= 0.6 is 0 Å². The van der Waals surface area contributed by atoms with Gasteiger partial charge in [0.2, 0.25) is 5.91 Å². The van der Waals surface area contributed by atoms with E-state index in [0.29, 0.717) is 6.42 Å². The smallest absolute Gasteiger partial charge is 0.244 e. The van der Waals surface area contributed by atoms with Gasteiger partial charge >= 0.3 is 0 Å². The first-order valence-corrected chi connectivity index (χ1v) is 9.35. The van der Waals surface area contributed by atoms with Crippen molar-refractivity contribution >= 4 is 17.3 Å². The molecule has 0 spiro atoms. The highest BCUT2D eigenvalue weighted by Crippen LogP contribution is 2.17. The predicted molar refractivity (Wildman–Crippen MR) is 109 cm³/mol. The Labute approximate surface area is 161 Å². The normalized spacial score (nSPS) is 14.9. The van der Waals surface area contributed by atoms with Gasteiger partial charge in [-0.05, 0) is 49.6 Å². The summed E-state index contributed by atoms with van der Waals surface area (Å²) in [6, 6.07) is 14.4. The lowest BCUT2D eigenvalue weighted by atomic mass is 10.0. The fraction of sp³-hybridized carbons (Fsp3) is 0.364. The third kappa shape index (κ3) is 5.17. The monoisotopic (exact) mass is 365 g/mol. The maximum atomic E-state index is 12.2. The minimum absolute atomic E-state index is 0.105. The van der Waals surface area contributed by atoms with E-state index in [2.05, 4.69) is 40.5 Å². The SMILES string of the molecule is C/C(=N\NC(=O)Cc1ccc(C)cc1C)c1ccc(N2CCOCC2)cc1. The average molecular weight is 365 g/mol. The zero-order chi connectivity index (χ0) is 19.2. The quantitative estimate of drug-likeness (QED) is 0.654. The van der Waals surface area contributed by atoms with Gasteiger partial charge in [-0.1, -0.05) is 35.9 Å². The van der Waals surface area contributed by atoms with E-state index >= 15 is 0 Å². The van der Waals surface area contributed by atoms with Gasteiger partial charge in [-0.2, -0.15) is 5.10 Å². The number of ether oxygens (including phenoxy) is 1. The van der Waals surface area contributed by atoms with E-state index in [1.54, 1.807) is 0 Å². The van der Waals surface area contributed by atoms with Gasteiger partial charge in [0.15, 0.2) is 0 Å². The lowest BCUT2D eigenvalue weighted by Gasteiger charge is -2.28. The molecule has 1 N–H and O–H groups in total. The van der Waals surface area contributed by atoms with E-state index in [1.165, 1.54) is 11.3 Å². The number of hydrazone groups is 1. The molecule has 1 saturated heterocycles. The predicted octanol–water partition coefficient (Wildman–Crippen LogP) is 3.22. The Morgan fingerprint density at radius 1 is 1.11 bits per heavy atom. The zero-order valence-electron chi connectivity index (χ0n) is 16.3. The van der Waals surface area contributed by atoms with Crippen molar-refractivity contribution in [1.29, 1.82) is 0 Å². The van der Waals surface area contributed by atoms with Crippen LogP contribution in [0.15, 0.2) is 47.6 Å². The minimum Gasteiger partial charge on any atom is -0.378 e. The van der Waals surface area contributed by atoms with Gasteiger partial charge in [0.05, 0.1) is 25.3 Å². The number of hydrogen-bond donors (Lipinski definition) is 1. The number of carbonyl (C=O) groups excluding carboxylic acids is 1. The molecule has 27 heavy (non-hydrogen) atoms. The molecule has 5 nitrogen and oxygen atoms in total. The van der Waals surface area contributed by atoms with Gasteiger partial charge in [-0.25, -0.2) is 5.43 Å². The molecular formula is C22H27N3O2. The Bertz CT molecular complexity index is 822. The van der Waals surface area contributed by atoms with Gasteiger partial charge < -0.3 is 9.64 Å². The third-order valence-electron chi connectivity index (χ3n) is 4.86. The van der Waals surface area contributed by atoms with Crippen molar-refractivity contribution in [1.82, 2.24) is 5.43 Å². The Morgan fingerprint density at radius 2 is 1.81 bits per heavy atom. The van der Waals surface area contributed by atoms with Crippen molar-refractivity contribution in [2.75, 3.05) is 31.2 Å². The number of aryl methyl sites for hydroxylation is 2. The van der Waals surface area contributed by atoms with Gasteiger partial charge in [0.25, 0.3) is 0 Å². The summed E-state index contributed by atoms with van der Waals surface area (Å²) in [5, 5.41) is 4.26. The molecule has 0 radical (unpaired) electrons. The summed E-state index contributed by atoms with van der Waals surface area (Å²) in [5.41, 5.74) is 9.01. The van der Waals surface area contributed by atoms with E-state index in [4.69, 9.17) is 4.74 Å². The lowest BCUT2D eigenvalue weighted by Crippen LogP contribution is -2.36. The van der Waals surface area contributed by atoms with Gasteiger partial charge in [0.1, 0.15) is 0 Å². The molecule has 1 amide bonds. The van der Waals surface area contributed by atoms with Crippen LogP contribution < -0.4 is 10.3 Å². The van der Waals surface area contributed by atoms with Gasteiger partial charge in [0, 0.05) is 18.8 Å². The molecule has 0 saturated carbocycles. The molecule has 0 aromatic heterocycles. The Balaban J connectivity index is 1.58. The van der Waals surface area contributed by atoms with Gasteiger partial charge in [-0.15, -0.1) is 0 Å². The highest BCUT2D eigenvalue weighted by Gasteiger charge is 2.11. The number of hydrogen-bond acceptors (Lipinski definition) is 4. The molecule has 0 bridgehead atoms. The summed E-state index contributed by atoms with van der Waals surface area (Å²) in [6.45, 7) is 9.36. The zero-order valence-corrected chi connectivity index (χ0v) is 16.3. The van der Waals surface area contributed by atoms with Crippen LogP contribution in [0, 0.1) is 13.8 Å². The summed E-state index contributed by atoms with van der Waals surface area (Å²) in [5.74, 6) is -0.105. The number of rotatable bonds is 5.